The molecule has 2 aromatic heterocycles. The number of nitrogens with zero attached hydrogens (tertiary/aromatic N) is 1. The largest absolute Gasteiger partial charge is 0.481 e. The molecule has 0 fully saturated rings. The minimum Gasteiger partial charge on any atom is -0.481 e. The standard InChI is InChI=1S/C15H12N2O2/c1-19-15-12(11-6-4-8-16-14(11)18)9-10-5-2-3-7-13(10)17-15/h2-9H,1H3,(H,16,18). The number of rotatable bonds is 2. The maximum atomic E-state index is 11.9. The van der Waals surface area contributed by atoms with E-state index in [2.05, 4.69) is 9.97 Å². The molecule has 19 heavy (non-hydrogen) atoms. The van der Waals surface area contributed by atoms with Crippen LogP contribution in [0.3, 0.4) is 0 Å². The molecule has 0 bridgehead atoms. The van der Waals surface area contributed by atoms with E-state index in [4.69, 9.17) is 4.74 Å². The summed E-state index contributed by atoms with van der Waals surface area (Å²) in [5, 5.41) is 0.974. The normalized spacial score (nSPS) is 10.6. The molecule has 3 rings (SSSR count). The number of benzene rings is 1. The van der Waals surface area contributed by atoms with Gasteiger partial charge in [0.05, 0.1) is 23.8 Å². The molecule has 0 saturated heterocycles. The number of fused-ring (bicyclic) bond motifs is 1. The lowest BCUT2D eigenvalue weighted by Crippen LogP contribution is -2.08. The monoisotopic (exact) mass is 252 g/mol. The van der Waals surface area contributed by atoms with E-state index in [-0.39, 0.29) is 5.56 Å². The van der Waals surface area contributed by atoms with Gasteiger partial charge in [0.25, 0.3) is 5.56 Å². The zero-order chi connectivity index (χ0) is 13.2. The van der Waals surface area contributed by atoms with E-state index in [1.54, 1.807) is 25.4 Å². The molecule has 4 heteroatoms. The van der Waals surface area contributed by atoms with Gasteiger partial charge in [-0.2, -0.15) is 0 Å². The lowest BCUT2D eigenvalue weighted by Gasteiger charge is -2.08. The summed E-state index contributed by atoms with van der Waals surface area (Å²) < 4.78 is 5.30. The van der Waals surface area contributed by atoms with Gasteiger partial charge in [0.1, 0.15) is 0 Å². The summed E-state index contributed by atoms with van der Waals surface area (Å²) in [6.45, 7) is 0. The minimum atomic E-state index is -0.155. The fourth-order valence-corrected chi connectivity index (χ4v) is 2.08. The topological polar surface area (TPSA) is 55.0 Å². The van der Waals surface area contributed by atoms with Crippen LogP contribution in [0, 0.1) is 0 Å². The van der Waals surface area contributed by atoms with Crippen LogP contribution in [0.15, 0.2) is 53.5 Å². The summed E-state index contributed by atoms with van der Waals surface area (Å²) in [6.07, 6.45) is 1.60. The molecule has 0 aliphatic carbocycles. The van der Waals surface area contributed by atoms with Gasteiger partial charge in [-0.3, -0.25) is 4.79 Å². The lowest BCUT2D eigenvalue weighted by molar-refractivity contribution is 0.401. The molecule has 0 amide bonds. The number of methoxy groups -OCH3 is 1. The van der Waals surface area contributed by atoms with E-state index in [9.17, 15) is 4.79 Å². The fourth-order valence-electron chi connectivity index (χ4n) is 2.08. The van der Waals surface area contributed by atoms with Crippen LogP contribution in [0.2, 0.25) is 0 Å². The maximum absolute atomic E-state index is 11.9. The van der Waals surface area contributed by atoms with E-state index in [0.29, 0.717) is 17.0 Å². The Morgan fingerprint density at radius 1 is 1.11 bits per heavy atom. The number of nitrogens with one attached hydrogen (secondary N) is 1. The number of aromatic nitrogens is 2. The van der Waals surface area contributed by atoms with Crippen molar-refractivity contribution < 1.29 is 4.74 Å². The van der Waals surface area contributed by atoms with Crippen LogP contribution in [0.1, 0.15) is 0 Å². The van der Waals surface area contributed by atoms with Crippen molar-refractivity contribution in [2.24, 2.45) is 0 Å². The number of aromatic amines is 1. The van der Waals surface area contributed by atoms with E-state index < -0.39 is 0 Å². The van der Waals surface area contributed by atoms with Crippen LogP contribution in [-0.4, -0.2) is 17.1 Å². The zero-order valence-corrected chi connectivity index (χ0v) is 10.4. The predicted molar refractivity (Wildman–Crippen MR) is 74.4 cm³/mol. The van der Waals surface area contributed by atoms with Crippen LogP contribution in [0.25, 0.3) is 22.0 Å². The molecular weight excluding hydrogens is 240 g/mol. The van der Waals surface area contributed by atoms with Crippen LogP contribution in [-0.2, 0) is 0 Å². The molecular formula is C15H12N2O2. The Morgan fingerprint density at radius 3 is 2.74 bits per heavy atom. The molecule has 4 nitrogen and oxygen atoms in total. The Balaban J connectivity index is 2.34. The first kappa shape index (κ1) is 11.5. The van der Waals surface area contributed by atoms with Crippen molar-refractivity contribution >= 4 is 10.9 Å². The molecule has 0 aliphatic heterocycles. The number of hydrogen-bond acceptors (Lipinski definition) is 3. The highest BCUT2D eigenvalue weighted by Crippen LogP contribution is 2.29. The molecule has 3 aromatic rings. The molecule has 0 atom stereocenters. The highest BCUT2D eigenvalue weighted by atomic mass is 16.5. The van der Waals surface area contributed by atoms with E-state index in [0.717, 1.165) is 10.9 Å². The van der Waals surface area contributed by atoms with E-state index in [1.807, 2.05) is 30.3 Å². The number of ether oxygens (including phenoxy) is 1. The zero-order valence-electron chi connectivity index (χ0n) is 10.4. The predicted octanol–water partition coefficient (Wildman–Crippen LogP) is 2.60. The molecule has 1 N–H and O–H groups in total. The smallest absolute Gasteiger partial charge is 0.256 e. The molecule has 0 spiro atoms. The quantitative estimate of drug-likeness (QED) is 0.762. The van der Waals surface area contributed by atoms with Gasteiger partial charge < -0.3 is 9.72 Å². The molecule has 1 aromatic carbocycles. The Kier molecular flexibility index (Phi) is 2.76. The first-order valence-electron chi connectivity index (χ1n) is 5.91. The van der Waals surface area contributed by atoms with Crippen LogP contribution >= 0.6 is 0 Å². The molecule has 0 unspecified atom stereocenters. The van der Waals surface area contributed by atoms with Crippen LogP contribution in [0.4, 0.5) is 0 Å². The lowest BCUT2D eigenvalue weighted by atomic mass is 10.1. The minimum absolute atomic E-state index is 0.155. The van der Waals surface area contributed by atoms with Gasteiger partial charge in [-0.25, -0.2) is 4.98 Å². The van der Waals surface area contributed by atoms with Crippen molar-refractivity contribution in [2.45, 2.75) is 0 Å². The second-order valence-electron chi connectivity index (χ2n) is 4.15. The SMILES string of the molecule is COc1nc2ccccc2cc1-c1ccc[nH]c1=O. The Labute approximate surface area is 109 Å². The van der Waals surface area contributed by atoms with Gasteiger partial charge in [0, 0.05) is 11.6 Å². The molecule has 0 aliphatic rings. The summed E-state index contributed by atoms with van der Waals surface area (Å²) in [5.41, 5.74) is 1.94. The summed E-state index contributed by atoms with van der Waals surface area (Å²) >= 11 is 0. The number of para-hydroxylation sites is 1. The third-order valence-corrected chi connectivity index (χ3v) is 2.99. The highest BCUT2D eigenvalue weighted by Gasteiger charge is 2.11. The second kappa shape index (κ2) is 4.57. The molecule has 0 saturated carbocycles. The fraction of sp³-hybridized carbons (Fsp3) is 0.0667. The summed E-state index contributed by atoms with van der Waals surface area (Å²) in [6, 6.07) is 13.2. The van der Waals surface area contributed by atoms with E-state index in [1.165, 1.54) is 0 Å². The summed E-state index contributed by atoms with van der Waals surface area (Å²) in [5.74, 6) is 0.454. The Bertz CT molecular complexity index is 793. The van der Waals surface area contributed by atoms with Gasteiger partial charge in [0.15, 0.2) is 0 Å². The van der Waals surface area contributed by atoms with Gasteiger partial charge in [-0.1, -0.05) is 18.2 Å². The Morgan fingerprint density at radius 2 is 1.95 bits per heavy atom. The molecule has 0 radical (unpaired) electrons. The second-order valence-corrected chi connectivity index (χ2v) is 4.15. The van der Waals surface area contributed by atoms with Gasteiger partial charge in [0.2, 0.25) is 5.88 Å². The van der Waals surface area contributed by atoms with Gasteiger partial charge >= 0.3 is 0 Å². The highest BCUT2D eigenvalue weighted by molar-refractivity contribution is 5.86. The van der Waals surface area contributed by atoms with E-state index >= 15 is 0 Å². The Hall–Kier alpha value is -2.62. The van der Waals surface area contributed by atoms with Crippen molar-refractivity contribution in [1.29, 1.82) is 0 Å². The molecule has 2 heterocycles. The van der Waals surface area contributed by atoms with Gasteiger partial charge in [-0.05, 0) is 24.3 Å². The first-order valence-corrected chi connectivity index (χ1v) is 5.91. The van der Waals surface area contributed by atoms with Crippen molar-refractivity contribution in [3.05, 3.63) is 59.0 Å². The van der Waals surface area contributed by atoms with Gasteiger partial charge in [-0.15, -0.1) is 0 Å². The number of H-pyrrole nitrogens is 1. The first-order chi connectivity index (χ1) is 9.29. The third-order valence-electron chi connectivity index (χ3n) is 2.99. The average molecular weight is 252 g/mol. The van der Waals surface area contributed by atoms with Crippen molar-refractivity contribution in [2.75, 3.05) is 7.11 Å². The van der Waals surface area contributed by atoms with Crippen molar-refractivity contribution in [1.82, 2.24) is 9.97 Å². The summed E-state index contributed by atoms with van der Waals surface area (Å²) in [7, 11) is 1.55. The van der Waals surface area contributed by atoms with Crippen LogP contribution < -0.4 is 10.3 Å². The molecule has 94 valence electrons. The number of hydrogen-bond donors (Lipinski definition) is 1. The average Bonchev–Trinajstić information content (AvgIpc) is 2.46. The van der Waals surface area contributed by atoms with Crippen molar-refractivity contribution in [3.63, 3.8) is 0 Å². The summed E-state index contributed by atoms with van der Waals surface area (Å²) in [4.78, 5) is 19.0. The van der Waals surface area contributed by atoms with Crippen molar-refractivity contribution in [3.8, 4) is 17.0 Å². The number of pyridine rings is 2. The van der Waals surface area contributed by atoms with Crippen LogP contribution in [0.5, 0.6) is 5.88 Å². The third kappa shape index (κ3) is 1.97. The maximum Gasteiger partial charge on any atom is 0.256 e.